The highest BCUT2D eigenvalue weighted by Crippen LogP contribution is 2.44. The summed E-state index contributed by atoms with van der Waals surface area (Å²) in [4.78, 5) is 14.1. The summed E-state index contributed by atoms with van der Waals surface area (Å²) >= 11 is 0. The molecule has 0 amide bonds. The molecular formula is C26H29FN4O3. The van der Waals surface area contributed by atoms with Crippen LogP contribution < -0.4 is 10.1 Å². The van der Waals surface area contributed by atoms with Crippen molar-refractivity contribution >= 4 is 11.7 Å². The monoisotopic (exact) mass is 464 g/mol. The van der Waals surface area contributed by atoms with E-state index >= 15 is 0 Å². The Labute approximate surface area is 198 Å². The van der Waals surface area contributed by atoms with E-state index in [9.17, 15) is 14.3 Å². The minimum Gasteiger partial charge on any atom is -0.480 e. The van der Waals surface area contributed by atoms with Crippen LogP contribution in [0.25, 0.3) is 11.1 Å². The lowest BCUT2D eigenvalue weighted by Crippen LogP contribution is -2.46. The van der Waals surface area contributed by atoms with Gasteiger partial charge in [0.15, 0.2) is 0 Å². The molecule has 1 saturated heterocycles. The van der Waals surface area contributed by atoms with Crippen molar-refractivity contribution in [2.45, 2.75) is 44.2 Å². The number of hydrogen-bond donors (Lipinski definition) is 2. The summed E-state index contributed by atoms with van der Waals surface area (Å²) in [6.07, 6.45) is 6.99. The molecule has 3 aromatic rings. The lowest BCUT2D eigenvalue weighted by molar-refractivity contribution is -0.142. The first-order valence-corrected chi connectivity index (χ1v) is 11.7. The maximum absolute atomic E-state index is 13.5. The molecule has 3 heterocycles. The number of carbonyl (C=O) groups is 1. The SMILES string of the molecule is CN1CCC(n2cc(-c3ccc4c(c3Oc3ccc(F)cc3)CC[C@@](C)(C(=O)O)N4)cn2)CC1. The van der Waals surface area contributed by atoms with Gasteiger partial charge in [0.05, 0.1) is 12.2 Å². The quantitative estimate of drug-likeness (QED) is 0.556. The molecule has 34 heavy (non-hydrogen) atoms. The molecule has 0 bridgehead atoms. The molecule has 1 atom stereocenters. The number of hydrogen-bond acceptors (Lipinski definition) is 5. The number of likely N-dealkylation sites (tertiary alicyclic amines) is 1. The largest absolute Gasteiger partial charge is 0.480 e. The van der Waals surface area contributed by atoms with E-state index in [1.807, 2.05) is 23.0 Å². The average molecular weight is 465 g/mol. The molecule has 0 saturated carbocycles. The number of halogens is 1. The third-order valence-corrected chi connectivity index (χ3v) is 7.03. The number of aliphatic carboxylic acids is 1. The Morgan fingerprint density at radius 2 is 1.94 bits per heavy atom. The van der Waals surface area contributed by atoms with Gasteiger partial charge < -0.3 is 20.1 Å². The van der Waals surface area contributed by atoms with Crippen LogP contribution in [0.15, 0.2) is 48.8 Å². The standard InChI is InChI=1S/C26H29FN4O3/c1-26(25(32)33)12-9-22-23(29-26)8-7-21(24(22)34-20-5-3-18(27)4-6-20)17-15-28-31(16-17)19-10-13-30(2)14-11-19/h3-8,15-16,19,29H,9-14H2,1-2H3,(H,32,33)/t26-/m0/s1. The van der Waals surface area contributed by atoms with Crippen molar-refractivity contribution in [3.8, 4) is 22.6 Å². The van der Waals surface area contributed by atoms with E-state index in [1.54, 1.807) is 19.1 Å². The molecule has 5 rings (SSSR count). The molecule has 8 heteroatoms. The molecule has 0 aliphatic carbocycles. The second-order valence-electron chi connectivity index (χ2n) is 9.53. The van der Waals surface area contributed by atoms with Crippen LogP contribution in [-0.4, -0.2) is 51.4 Å². The van der Waals surface area contributed by atoms with Crippen molar-refractivity contribution in [3.63, 3.8) is 0 Å². The molecule has 2 aromatic carbocycles. The summed E-state index contributed by atoms with van der Waals surface area (Å²) in [5.74, 6) is -0.0547. The third kappa shape index (κ3) is 4.25. The van der Waals surface area contributed by atoms with Crippen LogP contribution in [0.2, 0.25) is 0 Å². The molecule has 0 unspecified atom stereocenters. The summed E-state index contributed by atoms with van der Waals surface area (Å²) in [5.41, 5.74) is 2.42. The van der Waals surface area contributed by atoms with E-state index in [2.05, 4.69) is 28.6 Å². The number of nitrogens with one attached hydrogen (secondary N) is 1. The first-order chi connectivity index (χ1) is 16.3. The van der Waals surface area contributed by atoms with Crippen molar-refractivity contribution in [1.82, 2.24) is 14.7 Å². The number of ether oxygens (including phenoxy) is 1. The smallest absolute Gasteiger partial charge is 0.329 e. The minimum absolute atomic E-state index is 0.332. The van der Waals surface area contributed by atoms with Crippen molar-refractivity contribution in [3.05, 3.63) is 60.2 Å². The third-order valence-electron chi connectivity index (χ3n) is 7.03. The van der Waals surface area contributed by atoms with Gasteiger partial charge in [-0.05, 0) is 89.1 Å². The number of carboxylic acid groups (broad SMARTS) is 1. The van der Waals surface area contributed by atoms with Gasteiger partial charge in [-0.25, -0.2) is 9.18 Å². The van der Waals surface area contributed by atoms with E-state index in [1.165, 1.54) is 12.1 Å². The fourth-order valence-corrected chi connectivity index (χ4v) is 4.79. The number of nitrogens with zero attached hydrogens (tertiary/aromatic N) is 3. The van der Waals surface area contributed by atoms with Gasteiger partial charge in [-0.3, -0.25) is 4.68 Å². The average Bonchev–Trinajstić information content (AvgIpc) is 3.31. The summed E-state index contributed by atoms with van der Waals surface area (Å²) in [5, 5.41) is 17.5. The van der Waals surface area contributed by atoms with E-state index in [0.717, 1.165) is 48.3 Å². The molecule has 2 aliphatic heterocycles. The molecule has 2 aliphatic rings. The van der Waals surface area contributed by atoms with Crippen molar-refractivity contribution in [2.75, 3.05) is 25.5 Å². The van der Waals surface area contributed by atoms with E-state index in [4.69, 9.17) is 4.74 Å². The Morgan fingerprint density at radius 1 is 1.21 bits per heavy atom. The van der Waals surface area contributed by atoms with Gasteiger partial charge in [0.25, 0.3) is 0 Å². The molecular weight excluding hydrogens is 435 g/mol. The number of anilines is 1. The molecule has 7 nitrogen and oxygen atoms in total. The predicted molar refractivity (Wildman–Crippen MR) is 128 cm³/mol. The number of rotatable bonds is 5. The van der Waals surface area contributed by atoms with Crippen molar-refractivity contribution in [1.29, 1.82) is 0 Å². The molecule has 0 spiro atoms. The Hall–Kier alpha value is -3.39. The topological polar surface area (TPSA) is 79.6 Å². The molecule has 1 aromatic heterocycles. The zero-order valence-corrected chi connectivity index (χ0v) is 19.4. The van der Waals surface area contributed by atoms with Crippen LogP contribution in [-0.2, 0) is 11.2 Å². The van der Waals surface area contributed by atoms with E-state index < -0.39 is 11.5 Å². The lowest BCUT2D eigenvalue weighted by Gasteiger charge is -2.34. The number of piperidine rings is 1. The highest BCUT2D eigenvalue weighted by Gasteiger charge is 2.38. The van der Waals surface area contributed by atoms with Gasteiger partial charge in [0, 0.05) is 28.6 Å². The minimum atomic E-state index is -1.04. The Kier molecular flexibility index (Phi) is 5.77. The highest BCUT2D eigenvalue weighted by atomic mass is 19.1. The molecule has 178 valence electrons. The van der Waals surface area contributed by atoms with Gasteiger partial charge in [0.2, 0.25) is 0 Å². The van der Waals surface area contributed by atoms with Crippen LogP contribution in [0.1, 0.15) is 37.8 Å². The maximum atomic E-state index is 13.5. The zero-order chi connectivity index (χ0) is 23.9. The molecule has 0 radical (unpaired) electrons. The van der Waals surface area contributed by atoms with Crippen LogP contribution >= 0.6 is 0 Å². The lowest BCUT2D eigenvalue weighted by atomic mass is 9.86. The fraction of sp³-hybridized carbons (Fsp3) is 0.385. The Balaban J connectivity index is 1.53. The zero-order valence-electron chi connectivity index (χ0n) is 19.4. The van der Waals surface area contributed by atoms with Crippen molar-refractivity contribution < 1.29 is 19.0 Å². The number of carboxylic acids is 1. The molecule has 2 N–H and O–H groups in total. The normalized spacial score (nSPS) is 21.0. The van der Waals surface area contributed by atoms with Gasteiger partial charge in [-0.1, -0.05) is 0 Å². The van der Waals surface area contributed by atoms with Crippen molar-refractivity contribution in [2.24, 2.45) is 0 Å². The highest BCUT2D eigenvalue weighted by molar-refractivity contribution is 5.86. The predicted octanol–water partition coefficient (Wildman–Crippen LogP) is 4.95. The second kappa shape index (κ2) is 8.76. The Morgan fingerprint density at radius 3 is 2.65 bits per heavy atom. The van der Waals surface area contributed by atoms with Gasteiger partial charge in [0.1, 0.15) is 22.9 Å². The summed E-state index contributed by atoms with van der Waals surface area (Å²) in [7, 11) is 2.14. The number of benzene rings is 2. The summed E-state index contributed by atoms with van der Waals surface area (Å²) in [6, 6.07) is 10.1. The number of aromatic nitrogens is 2. The van der Waals surface area contributed by atoms with Gasteiger partial charge >= 0.3 is 5.97 Å². The Bertz CT molecular complexity index is 1200. The first kappa shape index (κ1) is 22.4. The summed E-state index contributed by atoms with van der Waals surface area (Å²) in [6.45, 7) is 3.79. The van der Waals surface area contributed by atoms with Gasteiger partial charge in [-0.2, -0.15) is 5.10 Å². The van der Waals surface area contributed by atoms with Crippen LogP contribution in [0.5, 0.6) is 11.5 Å². The number of fused-ring (bicyclic) bond motifs is 1. The first-order valence-electron chi connectivity index (χ1n) is 11.7. The van der Waals surface area contributed by atoms with Crippen LogP contribution in [0.4, 0.5) is 10.1 Å². The summed E-state index contributed by atoms with van der Waals surface area (Å²) < 4.78 is 21.8. The van der Waals surface area contributed by atoms with E-state index in [0.29, 0.717) is 30.4 Å². The van der Waals surface area contributed by atoms with Gasteiger partial charge in [-0.15, -0.1) is 0 Å². The maximum Gasteiger partial charge on any atom is 0.329 e. The van der Waals surface area contributed by atoms with Crippen LogP contribution in [0, 0.1) is 5.82 Å². The van der Waals surface area contributed by atoms with E-state index in [-0.39, 0.29) is 5.82 Å². The molecule has 1 fully saturated rings. The van der Waals surface area contributed by atoms with Crippen LogP contribution in [0.3, 0.4) is 0 Å². The fourth-order valence-electron chi connectivity index (χ4n) is 4.79. The second-order valence-corrected chi connectivity index (χ2v) is 9.53.